The first-order valence-electron chi connectivity index (χ1n) is 20.7. The van der Waals surface area contributed by atoms with E-state index < -0.39 is 0 Å². The minimum Gasteiger partial charge on any atom is -0.0651 e. The first-order valence-corrected chi connectivity index (χ1v) is 20.7. The third-order valence-corrected chi connectivity index (χ3v) is 11.7. The molecule has 0 N–H and O–H groups in total. The summed E-state index contributed by atoms with van der Waals surface area (Å²) in [6.07, 6.45) is 50.5. The molecule has 0 amide bonds. The van der Waals surface area contributed by atoms with Gasteiger partial charge in [0.25, 0.3) is 0 Å². The number of hydrogen-bond acceptors (Lipinski definition) is 0. The Kier molecular flexibility index (Phi) is 29.5. The normalized spacial score (nSPS) is 29.1. The van der Waals surface area contributed by atoms with Crippen LogP contribution in [0.1, 0.15) is 246 Å². The van der Waals surface area contributed by atoms with Crippen LogP contribution >= 0.6 is 0 Å². The molecule has 1 saturated carbocycles. The second-order valence-electron chi connectivity index (χ2n) is 15.2. The zero-order chi connectivity index (χ0) is 30.4. The number of hydrogen-bond donors (Lipinski definition) is 0. The predicted octanol–water partition coefficient (Wildman–Crippen LogP) is 15.8. The first-order chi connectivity index (χ1) is 20.7. The van der Waals surface area contributed by atoms with Crippen molar-refractivity contribution in [2.45, 2.75) is 246 Å². The van der Waals surface area contributed by atoms with Crippen molar-refractivity contribution in [3.8, 4) is 0 Å². The van der Waals surface area contributed by atoms with Gasteiger partial charge in [0, 0.05) is 0 Å². The minimum absolute atomic E-state index is 0.946. The van der Waals surface area contributed by atoms with Crippen LogP contribution in [-0.2, 0) is 0 Å². The Hall–Kier alpha value is 0. The lowest BCUT2D eigenvalue weighted by atomic mass is 9.81. The van der Waals surface area contributed by atoms with Gasteiger partial charge in [-0.3, -0.25) is 0 Å². The van der Waals surface area contributed by atoms with E-state index in [0.717, 1.165) is 23.7 Å². The third kappa shape index (κ3) is 23.4. The van der Waals surface area contributed by atoms with Gasteiger partial charge in [-0.25, -0.2) is 0 Å². The molecule has 42 heavy (non-hydrogen) atoms. The molecule has 0 aromatic rings. The highest BCUT2D eigenvalue weighted by atomic mass is 14.2. The van der Waals surface area contributed by atoms with Crippen LogP contribution in [0, 0.1) is 23.7 Å². The number of rotatable bonds is 3. The molecule has 0 heterocycles. The largest absolute Gasteiger partial charge is 0.0651 e. The third-order valence-electron chi connectivity index (χ3n) is 11.7. The topological polar surface area (TPSA) is 0 Å². The van der Waals surface area contributed by atoms with Crippen molar-refractivity contribution in [3.05, 3.63) is 0 Å². The molecule has 1 aliphatic rings. The SMILES string of the molecule is CCC1CCCCCCCCCCCCCCCCCCCC(CC)C(CC)CCCCCCCCCCCCC1C. The lowest BCUT2D eigenvalue weighted by molar-refractivity contribution is 0.263. The smallest absolute Gasteiger partial charge is 0.0389 e. The van der Waals surface area contributed by atoms with Gasteiger partial charge in [-0.1, -0.05) is 246 Å². The van der Waals surface area contributed by atoms with Crippen molar-refractivity contribution >= 4 is 0 Å². The Morgan fingerprint density at radius 2 is 0.452 bits per heavy atom. The zero-order valence-electron chi connectivity index (χ0n) is 30.4. The molecule has 0 radical (unpaired) electrons. The molecule has 4 atom stereocenters. The molecule has 1 fully saturated rings. The molecule has 4 unspecified atom stereocenters. The van der Waals surface area contributed by atoms with Crippen LogP contribution in [0.15, 0.2) is 0 Å². The van der Waals surface area contributed by atoms with E-state index in [1.165, 1.54) is 218 Å². The Balaban J connectivity index is 2.32. The van der Waals surface area contributed by atoms with Gasteiger partial charge in [-0.2, -0.15) is 0 Å². The van der Waals surface area contributed by atoms with Crippen molar-refractivity contribution in [2.75, 3.05) is 0 Å². The van der Waals surface area contributed by atoms with E-state index in [2.05, 4.69) is 27.7 Å². The summed E-state index contributed by atoms with van der Waals surface area (Å²) >= 11 is 0. The van der Waals surface area contributed by atoms with Gasteiger partial charge in [0.05, 0.1) is 0 Å². The molecule has 0 aromatic heterocycles. The fraction of sp³-hybridized carbons (Fsp3) is 1.00. The first kappa shape index (κ1) is 40.0. The van der Waals surface area contributed by atoms with Crippen LogP contribution in [0.3, 0.4) is 0 Å². The van der Waals surface area contributed by atoms with E-state index in [1.54, 1.807) is 0 Å². The molecule has 0 spiro atoms. The molecule has 1 aliphatic carbocycles. The van der Waals surface area contributed by atoms with Crippen LogP contribution in [0.4, 0.5) is 0 Å². The van der Waals surface area contributed by atoms with Crippen molar-refractivity contribution in [2.24, 2.45) is 23.7 Å². The van der Waals surface area contributed by atoms with Gasteiger partial charge in [-0.05, 0) is 23.7 Å². The van der Waals surface area contributed by atoms with Gasteiger partial charge in [0.15, 0.2) is 0 Å². The monoisotopic (exact) mass is 589 g/mol. The quantitative estimate of drug-likeness (QED) is 0.307. The van der Waals surface area contributed by atoms with E-state index in [1.807, 2.05) is 0 Å². The highest BCUT2D eigenvalue weighted by Gasteiger charge is 2.18. The Labute approximate surface area is 269 Å². The zero-order valence-corrected chi connectivity index (χ0v) is 30.4. The van der Waals surface area contributed by atoms with Gasteiger partial charge >= 0.3 is 0 Å². The van der Waals surface area contributed by atoms with Gasteiger partial charge in [0.1, 0.15) is 0 Å². The highest BCUT2D eigenvalue weighted by Crippen LogP contribution is 2.30. The summed E-state index contributed by atoms with van der Waals surface area (Å²) in [7, 11) is 0. The van der Waals surface area contributed by atoms with Crippen molar-refractivity contribution in [3.63, 3.8) is 0 Å². The molecular formula is C42H84. The maximum Gasteiger partial charge on any atom is -0.0389 e. The average Bonchev–Trinajstić information content (AvgIpc) is 3.00. The lowest BCUT2D eigenvalue weighted by Crippen LogP contribution is -2.13. The predicted molar refractivity (Wildman–Crippen MR) is 194 cm³/mol. The maximum atomic E-state index is 2.57. The summed E-state index contributed by atoms with van der Waals surface area (Å²) < 4.78 is 0. The molecule has 0 heteroatoms. The van der Waals surface area contributed by atoms with Gasteiger partial charge in [-0.15, -0.1) is 0 Å². The average molecular weight is 589 g/mol. The Morgan fingerprint density at radius 1 is 0.262 bits per heavy atom. The summed E-state index contributed by atoms with van der Waals surface area (Å²) in [4.78, 5) is 0. The van der Waals surface area contributed by atoms with E-state index in [9.17, 15) is 0 Å². The fourth-order valence-corrected chi connectivity index (χ4v) is 8.42. The van der Waals surface area contributed by atoms with Crippen LogP contribution in [0.2, 0.25) is 0 Å². The standard InChI is InChI=1S/C42H84/c1-5-40-36-32-28-24-20-15-13-11-9-8-10-12-14-16-21-25-29-33-37-41(6-2)42(7-3)38-34-30-26-22-18-17-19-23-27-31-35-39(40)4/h39-42H,5-38H2,1-4H3. The second-order valence-corrected chi connectivity index (χ2v) is 15.2. The minimum atomic E-state index is 0.946. The maximum absolute atomic E-state index is 2.57. The Bertz CT molecular complexity index is 508. The summed E-state index contributed by atoms with van der Waals surface area (Å²) in [5, 5.41) is 0. The Morgan fingerprint density at radius 3 is 0.690 bits per heavy atom. The molecule has 0 nitrogen and oxygen atoms in total. The lowest BCUT2D eigenvalue weighted by Gasteiger charge is -2.25. The molecular weight excluding hydrogens is 504 g/mol. The van der Waals surface area contributed by atoms with Gasteiger partial charge < -0.3 is 0 Å². The summed E-state index contributed by atoms with van der Waals surface area (Å²) in [5.74, 6) is 3.93. The summed E-state index contributed by atoms with van der Waals surface area (Å²) in [6.45, 7) is 9.95. The van der Waals surface area contributed by atoms with Crippen LogP contribution in [-0.4, -0.2) is 0 Å². The van der Waals surface area contributed by atoms with Gasteiger partial charge in [0.2, 0.25) is 0 Å². The molecule has 252 valence electrons. The van der Waals surface area contributed by atoms with E-state index in [4.69, 9.17) is 0 Å². The van der Waals surface area contributed by atoms with E-state index in [0.29, 0.717) is 0 Å². The summed E-state index contributed by atoms with van der Waals surface area (Å²) in [5.41, 5.74) is 0. The second kappa shape index (κ2) is 31.0. The van der Waals surface area contributed by atoms with Crippen molar-refractivity contribution in [1.82, 2.24) is 0 Å². The van der Waals surface area contributed by atoms with Crippen LogP contribution < -0.4 is 0 Å². The molecule has 0 bridgehead atoms. The molecule has 0 saturated heterocycles. The fourth-order valence-electron chi connectivity index (χ4n) is 8.42. The molecule has 0 aromatic carbocycles. The van der Waals surface area contributed by atoms with E-state index in [-0.39, 0.29) is 0 Å². The van der Waals surface area contributed by atoms with Crippen molar-refractivity contribution in [1.29, 1.82) is 0 Å². The molecule has 1 rings (SSSR count). The summed E-state index contributed by atoms with van der Waals surface area (Å²) in [6, 6.07) is 0. The van der Waals surface area contributed by atoms with Crippen LogP contribution in [0.25, 0.3) is 0 Å². The molecule has 0 aliphatic heterocycles. The van der Waals surface area contributed by atoms with Crippen molar-refractivity contribution < 1.29 is 0 Å². The highest BCUT2D eigenvalue weighted by molar-refractivity contribution is 4.69. The van der Waals surface area contributed by atoms with E-state index >= 15 is 0 Å². The van der Waals surface area contributed by atoms with Crippen LogP contribution in [0.5, 0.6) is 0 Å².